The number of carboxylic acid groups (broad SMARTS) is 1. The number of hydrogen-bond donors (Lipinski definition) is 1. The van der Waals surface area contributed by atoms with Crippen LogP contribution in [0.2, 0.25) is 0 Å². The molecule has 0 aliphatic heterocycles. The lowest BCUT2D eigenvalue weighted by Crippen LogP contribution is -1.95. The predicted molar refractivity (Wildman–Crippen MR) is 69.4 cm³/mol. The lowest BCUT2D eigenvalue weighted by molar-refractivity contribution is 0.0695. The number of aromatic nitrogens is 1. The molecule has 19 heavy (non-hydrogen) atoms. The van der Waals surface area contributed by atoms with Crippen molar-refractivity contribution in [1.82, 2.24) is 4.98 Å². The van der Waals surface area contributed by atoms with Gasteiger partial charge in [0, 0.05) is 11.8 Å². The van der Waals surface area contributed by atoms with Gasteiger partial charge in [-0.15, -0.1) is 0 Å². The molecule has 0 saturated carbocycles. The first-order valence-corrected chi connectivity index (χ1v) is 6.03. The zero-order valence-electron chi connectivity index (χ0n) is 10.8. The highest BCUT2D eigenvalue weighted by atomic mass is 16.5. The molecule has 0 aliphatic carbocycles. The van der Waals surface area contributed by atoms with E-state index in [-0.39, 0.29) is 5.56 Å². The van der Waals surface area contributed by atoms with E-state index >= 15 is 0 Å². The number of carboxylic acids is 1. The Bertz CT molecular complexity index is 589. The average molecular weight is 261 g/mol. The molecule has 0 fully saturated rings. The quantitative estimate of drug-likeness (QED) is 0.895. The number of carbonyl (C=O) groups is 1. The summed E-state index contributed by atoms with van der Waals surface area (Å²) in [6.45, 7) is 4.26. The average Bonchev–Trinajstić information content (AvgIpc) is 2.79. The Morgan fingerprint density at radius 1 is 1.42 bits per heavy atom. The van der Waals surface area contributed by atoms with Crippen molar-refractivity contribution in [2.75, 3.05) is 6.61 Å². The van der Waals surface area contributed by atoms with Gasteiger partial charge < -0.3 is 14.3 Å². The summed E-state index contributed by atoms with van der Waals surface area (Å²) in [5.41, 5.74) is 0.860. The molecule has 2 aromatic rings. The van der Waals surface area contributed by atoms with Crippen LogP contribution in [-0.4, -0.2) is 22.7 Å². The number of furan rings is 1. The highest BCUT2D eigenvalue weighted by Crippen LogP contribution is 2.27. The minimum Gasteiger partial charge on any atom is -0.492 e. The highest BCUT2D eigenvalue weighted by Gasteiger charge is 2.15. The maximum absolute atomic E-state index is 11.0. The van der Waals surface area contributed by atoms with Crippen LogP contribution in [0.3, 0.4) is 0 Å². The molecule has 0 radical (unpaired) electrons. The molecule has 2 aromatic heterocycles. The second-order valence-corrected chi connectivity index (χ2v) is 4.14. The van der Waals surface area contributed by atoms with Crippen LogP contribution in [0, 0.1) is 6.92 Å². The molecular weight excluding hydrogens is 246 g/mol. The summed E-state index contributed by atoms with van der Waals surface area (Å²) in [6, 6.07) is 3.28. The summed E-state index contributed by atoms with van der Waals surface area (Å²) in [4.78, 5) is 15.0. The summed E-state index contributed by atoms with van der Waals surface area (Å²) in [7, 11) is 0. The van der Waals surface area contributed by atoms with Crippen molar-refractivity contribution < 1.29 is 19.1 Å². The van der Waals surface area contributed by atoms with Crippen LogP contribution in [0.15, 0.2) is 28.9 Å². The van der Waals surface area contributed by atoms with E-state index in [9.17, 15) is 4.79 Å². The van der Waals surface area contributed by atoms with Crippen LogP contribution in [0.1, 0.15) is 29.5 Å². The molecular formula is C14H15NO4. The summed E-state index contributed by atoms with van der Waals surface area (Å²) >= 11 is 0. The Labute approximate surface area is 110 Å². The van der Waals surface area contributed by atoms with Gasteiger partial charge in [0.05, 0.1) is 12.8 Å². The number of nitrogens with zero attached hydrogens (tertiary/aromatic N) is 1. The Kier molecular flexibility index (Phi) is 3.85. The summed E-state index contributed by atoms with van der Waals surface area (Å²) < 4.78 is 10.9. The number of hydrogen-bond acceptors (Lipinski definition) is 4. The fraction of sp³-hybridized carbons (Fsp3) is 0.286. The normalized spacial score (nSPS) is 10.4. The number of aromatic carboxylic acids is 1. The molecule has 1 N–H and O–H groups in total. The van der Waals surface area contributed by atoms with Crippen LogP contribution in [-0.2, 0) is 0 Å². The molecule has 100 valence electrons. The largest absolute Gasteiger partial charge is 0.492 e. The van der Waals surface area contributed by atoms with Crippen LogP contribution in [0.4, 0.5) is 0 Å². The first kappa shape index (κ1) is 13.1. The fourth-order valence-corrected chi connectivity index (χ4v) is 1.69. The number of pyridine rings is 1. The highest BCUT2D eigenvalue weighted by molar-refractivity contribution is 5.90. The number of rotatable bonds is 5. The second-order valence-electron chi connectivity index (χ2n) is 4.14. The topological polar surface area (TPSA) is 72.6 Å². The van der Waals surface area contributed by atoms with E-state index in [0.717, 1.165) is 6.42 Å². The minimum absolute atomic E-state index is 0.162. The van der Waals surface area contributed by atoms with Crippen molar-refractivity contribution in [3.63, 3.8) is 0 Å². The van der Waals surface area contributed by atoms with Crippen molar-refractivity contribution in [2.24, 2.45) is 0 Å². The van der Waals surface area contributed by atoms with Crippen molar-refractivity contribution in [1.29, 1.82) is 0 Å². The van der Waals surface area contributed by atoms with E-state index in [4.69, 9.17) is 14.3 Å². The Morgan fingerprint density at radius 3 is 2.84 bits per heavy atom. The lowest BCUT2D eigenvalue weighted by atomic mass is 10.2. The monoisotopic (exact) mass is 261 g/mol. The van der Waals surface area contributed by atoms with Gasteiger partial charge in [0.2, 0.25) is 0 Å². The minimum atomic E-state index is -1.00. The third kappa shape index (κ3) is 2.93. The van der Waals surface area contributed by atoms with Gasteiger partial charge in [0.1, 0.15) is 22.8 Å². The maximum atomic E-state index is 11.0. The first-order chi connectivity index (χ1) is 9.11. The number of aryl methyl sites for hydroxylation is 1. The molecule has 2 rings (SSSR count). The van der Waals surface area contributed by atoms with Gasteiger partial charge in [0.15, 0.2) is 0 Å². The van der Waals surface area contributed by atoms with E-state index in [1.807, 2.05) is 6.92 Å². The van der Waals surface area contributed by atoms with E-state index < -0.39 is 5.97 Å². The Hall–Kier alpha value is -2.30. The van der Waals surface area contributed by atoms with Crippen LogP contribution < -0.4 is 4.74 Å². The Morgan fingerprint density at radius 2 is 2.21 bits per heavy atom. The summed E-state index contributed by atoms with van der Waals surface area (Å²) in [5.74, 6) is 0.496. The molecule has 0 aliphatic rings. The third-order valence-electron chi connectivity index (χ3n) is 2.62. The van der Waals surface area contributed by atoms with Crippen molar-refractivity contribution in [3.05, 3.63) is 35.9 Å². The lowest BCUT2D eigenvalue weighted by Gasteiger charge is -2.04. The molecule has 0 aromatic carbocycles. The van der Waals surface area contributed by atoms with Crippen molar-refractivity contribution >= 4 is 5.97 Å². The Balaban J connectivity index is 2.31. The fourth-order valence-electron chi connectivity index (χ4n) is 1.69. The molecule has 2 heterocycles. The number of ether oxygens (including phenoxy) is 1. The van der Waals surface area contributed by atoms with Gasteiger partial charge in [-0.1, -0.05) is 6.92 Å². The smallest absolute Gasteiger partial charge is 0.339 e. The van der Waals surface area contributed by atoms with Gasteiger partial charge >= 0.3 is 5.97 Å². The molecule has 0 amide bonds. The molecule has 0 bridgehead atoms. The van der Waals surface area contributed by atoms with Crippen molar-refractivity contribution in [3.8, 4) is 17.1 Å². The molecule has 0 atom stereocenters. The maximum Gasteiger partial charge on any atom is 0.339 e. The van der Waals surface area contributed by atoms with Crippen LogP contribution >= 0.6 is 0 Å². The molecule has 0 saturated heterocycles. The van der Waals surface area contributed by atoms with Gasteiger partial charge in [0.25, 0.3) is 0 Å². The molecule has 0 spiro atoms. The first-order valence-electron chi connectivity index (χ1n) is 6.03. The van der Waals surface area contributed by atoms with E-state index in [0.29, 0.717) is 29.4 Å². The summed E-state index contributed by atoms with van der Waals surface area (Å²) in [6.07, 6.45) is 4.14. The molecule has 0 unspecified atom stereocenters. The zero-order valence-corrected chi connectivity index (χ0v) is 10.8. The predicted octanol–water partition coefficient (Wildman–Crippen LogP) is 3.14. The second kappa shape index (κ2) is 5.56. The van der Waals surface area contributed by atoms with Gasteiger partial charge in [-0.25, -0.2) is 4.79 Å². The third-order valence-corrected chi connectivity index (χ3v) is 2.62. The van der Waals surface area contributed by atoms with E-state index in [1.54, 1.807) is 25.4 Å². The van der Waals surface area contributed by atoms with Crippen molar-refractivity contribution in [2.45, 2.75) is 20.3 Å². The molecule has 5 nitrogen and oxygen atoms in total. The van der Waals surface area contributed by atoms with E-state index in [2.05, 4.69) is 4.98 Å². The molecule has 5 heteroatoms. The van der Waals surface area contributed by atoms with Gasteiger partial charge in [-0.3, -0.25) is 4.98 Å². The summed E-state index contributed by atoms with van der Waals surface area (Å²) in [5, 5.41) is 9.00. The zero-order chi connectivity index (χ0) is 13.8. The standard InChI is InChI=1S/C14H15NO4/c1-3-4-18-11-5-10(7-15-8-11)13-6-12(14(16)17)9(2)19-13/h5-8H,3-4H2,1-2H3,(H,16,17). The van der Waals surface area contributed by atoms with Gasteiger partial charge in [-0.05, 0) is 25.5 Å². The van der Waals surface area contributed by atoms with Crippen LogP contribution in [0.25, 0.3) is 11.3 Å². The SMILES string of the molecule is CCCOc1cncc(-c2cc(C(=O)O)c(C)o2)c1. The van der Waals surface area contributed by atoms with Gasteiger partial charge in [-0.2, -0.15) is 0 Å². The van der Waals surface area contributed by atoms with Crippen LogP contribution in [0.5, 0.6) is 5.75 Å². The van der Waals surface area contributed by atoms with E-state index in [1.165, 1.54) is 6.07 Å².